The van der Waals surface area contributed by atoms with E-state index < -0.39 is 0 Å². The molecular formula is C16H22BrN. The Balaban J connectivity index is 1.80. The third-order valence-corrected chi connectivity index (χ3v) is 5.63. The average molecular weight is 308 g/mol. The third-order valence-electron chi connectivity index (χ3n) is 5.10. The normalized spacial score (nSPS) is 34.1. The van der Waals surface area contributed by atoms with E-state index in [9.17, 15) is 0 Å². The number of halogens is 1. The molecule has 18 heavy (non-hydrogen) atoms. The molecule has 2 aliphatic rings. The maximum Gasteiger partial charge on any atom is 0.0175 e. The van der Waals surface area contributed by atoms with Crippen LogP contribution in [0.5, 0.6) is 0 Å². The van der Waals surface area contributed by atoms with Crippen molar-refractivity contribution in [2.24, 2.45) is 17.3 Å². The fourth-order valence-electron chi connectivity index (χ4n) is 4.41. The molecule has 0 amide bonds. The third kappa shape index (κ3) is 2.25. The lowest BCUT2D eigenvalue weighted by Crippen LogP contribution is -2.39. The summed E-state index contributed by atoms with van der Waals surface area (Å²) in [6, 6.07) is 8.92. The van der Waals surface area contributed by atoms with Crippen LogP contribution in [0.1, 0.15) is 31.2 Å². The van der Waals surface area contributed by atoms with Crippen LogP contribution in [-0.4, -0.2) is 13.6 Å². The number of benzene rings is 1. The second kappa shape index (κ2) is 4.97. The van der Waals surface area contributed by atoms with Crippen molar-refractivity contribution in [2.75, 3.05) is 13.6 Å². The van der Waals surface area contributed by atoms with Gasteiger partial charge in [-0.1, -0.05) is 34.5 Å². The maximum atomic E-state index is 3.52. The van der Waals surface area contributed by atoms with E-state index in [1.807, 2.05) is 0 Å². The Morgan fingerprint density at radius 2 is 2.06 bits per heavy atom. The first-order valence-corrected chi connectivity index (χ1v) is 7.90. The van der Waals surface area contributed by atoms with Crippen LogP contribution < -0.4 is 5.32 Å². The number of hydrogen-bond acceptors (Lipinski definition) is 1. The molecule has 1 nitrogen and oxygen atoms in total. The van der Waals surface area contributed by atoms with Gasteiger partial charge in [-0.3, -0.25) is 0 Å². The Labute approximate surface area is 118 Å². The fourth-order valence-corrected chi connectivity index (χ4v) is 4.68. The van der Waals surface area contributed by atoms with Crippen LogP contribution in [0.3, 0.4) is 0 Å². The van der Waals surface area contributed by atoms with Crippen molar-refractivity contribution in [3.8, 4) is 0 Å². The highest BCUT2D eigenvalue weighted by Crippen LogP contribution is 2.57. The van der Waals surface area contributed by atoms with E-state index in [0.717, 1.165) is 11.8 Å². The molecule has 3 unspecified atom stereocenters. The predicted molar refractivity (Wildman–Crippen MR) is 79.7 cm³/mol. The van der Waals surface area contributed by atoms with E-state index in [0.29, 0.717) is 5.41 Å². The van der Waals surface area contributed by atoms with Gasteiger partial charge < -0.3 is 5.32 Å². The molecule has 2 aliphatic carbocycles. The number of hydrogen-bond donors (Lipinski definition) is 1. The van der Waals surface area contributed by atoms with Gasteiger partial charge in [0.25, 0.3) is 0 Å². The molecule has 3 rings (SSSR count). The molecule has 0 aliphatic heterocycles. The van der Waals surface area contributed by atoms with E-state index >= 15 is 0 Å². The lowest BCUT2D eigenvalue weighted by Gasteiger charge is -2.38. The molecule has 1 N–H and O–H groups in total. The molecule has 2 bridgehead atoms. The first-order chi connectivity index (χ1) is 8.72. The second-order valence-corrected chi connectivity index (χ2v) is 7.19. The first kappa shape index (κ1) is 12.7. The van der Waals surface area contributed by atoms with E-state index in [2.05, 4.69) is 52.6 Å². The predicted octanol–water partition coefficient (Wildman–Crippen LogP) is 4.02. The molecule has 0 heterocycles. The van der Waals surface area contributed by atoms with Gasteiger partial charge >= 0.3 is 0 Å². The Morgan fingerprint density at radius 3 is 2.61 bits per heavy atom. The summed E-state index contributed by atoms with van der Waals surface area (Å²) in [7, 11) is 2.11. The highest BCUT2D eigenvalue weighted by atomic mass is 79.9. The van der Waals surface area contributed by atoms with E-state index in [4.69, 9.17) is 0 Å². The molecule has 1 aromatic rings. The van der Waals surface area contributed by atoms with E-state index in [1.54, 1.807) is 0 Å². The van der Waals surface area contributed by atoms with E-state index in [1.165, 1.54) is 48.7 Å². The SMILES string of the molecule is CNCC1(Cc2ccc(Br)cc2)CC2CCC1C2. The monoisotopic (exact) mass is 307 g/mol. The van der Waals surface area contributed by atoms with Crippen LogP contribution in [0.2, 0.25) is 0 Å². The molecule has 2 heteroatoms. The minimum absolute atomic E-state index is 0.533. The summed E-state index contributed by atoms with van der Waals surface area (Å²) < 4.78 is 1.18. The second-order valence-electron chi connectivity index (χ2n) is 6.28. The topological polar surface area (TPSA) is 12.0 Å². The van der Waals surface area contributed by atoms with Gasteiger partial charge in [-0.2, -0.15) is 0 Å². The van der Waals surface area contributed by atoms with Crippen molar-refractivity contribution < 1.29 is 0 Å². The summed E-state index contributed by atoms with van der Waals surface area (Å²) in [6.45, 7) is 1.18. The zero-order valence-corrected chi connectivity index (χ0v) is 12.7. The number of nitrogens with one attached hydrogen (secondary N) is 1. The highest BCUT2D eigenvalue weighted by Gasteiger charge is 2.50. The van der Waals surface area contributed by atoms with Gasteiger partial charge in [0, 0.05) is 11.0 Å². The molecule has 2 fully saturated rings. The van der Waals surface area contributed by atoms with Gasteiger partial charge in [0.05, 0.1) is 0 Å². The van der Waals surface area contributed by atoms with Crippen LogP contribution in [0.15, 0.2) is 28.7 Å². The molecule has 0 aromatic heterocycles. The Hall–Kier alpha value is -0.340. The maximum absolute atomic E-state index is 3.52. The first-order valence-electron chi connectivity index (χ1n) is 7.11. The van der Waals surface area contributed by atoms with Gasteiger partial charge in [-0.15, -0.1) is 0 Å². The zero-order chi connectivity index (χ0) is 12.6. The standard InChI is InChI=1S/C16H22BrN/c1-18-11-16(10-13-2-5-14(16)8-13)9-12-3-6-15(17)7-4-12/h3-4,6-7,13-14,18H,2,5,8-11H2,1H3. The van der Waals surface area contributed by atoms with Gasteiger partial charge in [0.1, 0.15) is 0 Å². The summed E-state index contributed by atoms with van der Waals surface area (Å²) in [4.78, 5) is 0. The van der Waals surface area contributed by atoms with E-state index in [-0.39, 0.29) is 0 Å². The summed E-state index contributed by atoms with van der Waals surface area (Å²) >= 11 is 3.52. The molecular weight excluding hydrogens is 286 g/mol. The van der Waals surface area contributed by atoms with Gasteiger partial charge in [0.2, 0.25) is 0 Å². The minimum atomic E-state index is 0.533. The Kier molecular flexibility index (Phi) is 3.50. The van der Waals surface area contributed by atoms with Crippen molar-refractivity contribution in [1.82, 2.24) is 5.32 Å². The van der Waals surface area contributed by atoms with Crippen LogP contribution in [0.4, 0.5) is 0 Å². The summed E-state index contributed by atoms with van der Waals surface area (Å²) in [5.74, 6) is 1.97. The largest absolute Gasteiger partial charge is 0.319 e. The number of rotatable bonds is 4. The van der Waals surface area contributed by atoms with Crippen molar-refractivity contribution in [1.29, 1.82) is 0 Å². The van der Waals surface area contributed by atoms with Crippen molar-refractivity contribution in [3.63, 3.8) is 0 Å². The van der Waals surface area contributed by atoms with Crippen molar-refractivity contribution >= 4 is 15.9 Å². The zero-order valence-electron chi connectivity index (χ0n) is 11.1. The molecule has 3 atom stereocenters. The van der Waals surface area contributed by atoms with Crippen LogP contribution in [0.25, 0.3) is 0 Å². The van der Waals surface area contributed by atoms with Crippen molar-refractivity contribution in [3.05, 3.63) is 34.3 Å². The molecule has 2 saturated carbocycles. The Bertz CT molecular complexity index is 414. The molecule has 98 valence electrons. The molecule has 0 saturated heterocycles. The van der Waals surface area contributed by atoms with Gasteiger partial charge in [0.15, 0.2) is 0 Å². The average Bonchev–Trinajstić information content (AvgIpc) is 2.93. The number of fused-ring (bicyclic) bond motifs is 2. The quantitative estimate of drug-likeness (QED) is 0.886. The molecule has 1 aromatic carbocycles. The van der Waals surface area contributed by atoms with Gasteiger partial charge in [-0.05, 0) is 67.7 Å². The van der Waals surface area contributed by atoms with Crippen molar-refractivity contribution in [2.45, 2.75) is 32.1 Å². The summed E-state index contributed by atoms with van der Waals surface area (Å²) in [6.07, 6.45) is 7.12. The highest BCUT2D eigenvalue weighted by molar-refractivity contribution is 9.10. The van der Waals surface area contributed by atoms with Crippen LogP contribution >= 0.6 is 15.9 Å². The smallest absolute Gasteiger partial charge is 0.0175 e. The van der Waals surface area contributed by atoms with Gasteiger partial charge in [-0.25, -0.2) is 0 Å². The molecule has 0 radical (unpaired) electrons. The van der Waals surface area contributed by atoms with Crippen LogP contribution in [-0.2, 0) is 6.42 Å². The fraction of sp³-hybridized carbons (Fsp3) is 0.625. The Morgan fingerprint density at radius 1 is 1.28 bits per heavy atom. The lowest BCUT2D eigenvalue weighted by atomic mass is 9.69. The molecule has 0 spiro atoms. The lowest BCUT2D eigenvalue weighted by molar-refractivity contribution is 0.160. The summed E-state index contributed by atoms with van der Waals surface area (Å²) in [5, 5.41) is 3.46. The summed E-state index contributed by atoms with van der Waals surface area (Å²) in [5.41, 5.74) is 2.03. The van der Waals surface area contributed by atoms with Crippen LogP contribution in [0, 0.1) is 17.3 Å². The minimum Gasteiger partial charge on any atom is -0.319 e.